The molecule has 2 N–H and O–H groups in total. The van der Waals surface area contributed by atoms with Gasteiger partial charge in [-0.1, -0.05) is 32.1 Å². The highest BCUT2D eigenvalue weighted by atomic mass is 16.2. The fourth-order valence-electron chi connectivity index (χ4n) is 4.26. The molecule has 2 saturated carbocycles. The summed E-state index contributed by atoms with van der Waals surface area (Å²) in [5, 5.41) is 5.90. The predicted molar refractivity (Wildman–Crippen MR) is 96.7 cm³/mol. The zero-order valence-electron chi connectivity index (χ0n) is 15.5. The van der Waals surface area contributed by atoms with E-state index >= 15 is 0 Å². The molecule has 0 radical (unpaired) electrons. The van der Waals surface area contributed by atoms with Gasteiger partial charge in [0, 0.05) is 19.5 Å². The van der Waals surface area contributed by atoms with Crippen LogP contribution in [-0.4, -0.2) is 48.9 Å². The van der Waals surface area contributed by atoms with Gasteiger partial charge in [0.15, 0.2) is 0 Å². The summed E-state index contributed by atoms with van der Waals surface area (Å²) in [6.07, 6.45) is 12.1. The van der Waals surface area contributed by atoms with Crippen LogP contribution in [-0.2, 0) is 9.59 Å². The maximum Gasteiger partial charge on any atom is 0.242 e. The van der Waals surface area contributed by atoms with E-state index in [9.17, 15) is 9.59 Å². The average molecular weight is 338 g/mol. The molecule has 1 atom stereocenters. The smallest absolute Gasteiger partial charge is 0.242 e. The lowest BCUT2D eigenvalue weighted by atomic mass is 9.94. The van der Waals surface area contributed by atoms with E-state index in [0.717, 1.165) is 31.8 Å². The second kappa shape index (κ2) is 10.0. The molecule has 0 aliphatic heterocycles. The van der Waals surface area contributed by atoms with Crippen molar-refractivity contribution in [3.63, 3.8) is 0 Å². The Morgan fingerprint density at radius 3 is 2.29 bits per heavy atom. The van der Waals surface area contributed by atoms with Crippen LogP contribution >= 0.6 is 0 Å². The molecule has 24 heavy (non-hydrogen) atoms. The highest BCUT2D eigenvalue weighted by molar-refractivity contribution is 5.87. The zero-order chi connectivity index (χ0) is 17.4. The summed E-state index contributed by atoms with van der Waals surface area (Å²) < 4.78 is 0. The van der Waals surface area contributed by atoms with Crippen molar-refractivity contribution in [1.29, 1.82) is 0 Å². The Labute approximate surface area is 146 Å². The van der Waals surface area contributed by atoms with Crippen LogP contribution < -0.4 is 10.6 Å². The quantitative estimate of drug-likeness (QED) is 0.669. The standard InChI is InChI=1S/C19H35N3O2/c1-15(23)21-18(16-9-6-7-10-16)19(24)20-13-8-14-22(2)17-11-4-3-5-12-17/h16-18H,3-14H2,1-2H3,(H,20,24)(H,21,23). The predicted octanol–water partition coefficient (Wildman–Crippen LogP) is 2.45. The minimum Gasteiger partial charge on any atom is -0.354 e. The maximum absolute atomic E-state index is 12.5. The molecule has 138 valence electrons. The van der Waals surface area contributed by atoms with E-state index in [2.05, 4.69) is 22.6 Å². The van der Waals surface area contributed by atoms with Crippen molar-refractivity contribution in [2.75, 3.05) is 20.1 Å². The van der Waals surface area contributed by atoms with Crippen molar-refractivity contribution in [1.82, 2.24) is 15.5 Å². The van der Waals surface area contributed by atoms with Gasteiger partial charge < -0.3 is 15.5 Å². The SMILES string of the molecule is CC(=O)NC(C(=O)NCCCN(C)C1CCCCC1)C1CCCC1. The second-order valence-corrected chi connectivity index (χ2v) is 7.64. The Balaban J connectivity index is 1.68. The second-order valence-electron chi connectivity index (χ2n) is 7.64. The van der Waals surface area contributed by atoms with Gasteiger partial charge in [0.1, 0.15) is 6.04 Å². The third kappa shape index (κ3) is 6.08. The molecule has 5 heteroatoms. The van der Waals surface area contributed by atoms with Crippen LogP contribution in [0.25, 0.3) is 0 Å². The first-order chi connectivity index (χ1) is 11.6. The Hall–Kier alpha value is -1.10. The summed E-state index contributed by atoms with van der Waals surface area (Å²) in [7, 11) is 2.20. The van der Waals surface area contributed by atoms with E-state index < -0.39 is 0 Å². The molecule has 0 aromatic carbocycles. The number of carbonyl (C=O) groups excluding carboxylic acids is 2. The molecule has 0 heterocycles. The zero-order valence-corrected chi connectivity index (χ0v) is 15.5. The van der Waals surface area contributed by atoms with Crippen molar-refractivity contribution >= 4 is 11.8 Å². The molecular formula is C19H35N3O2. The van der Waals surface area contributed by atoms with Crippen LogP contribution in [0.5, 0.6) is 0 Å². The number of hydrogen-bond acceptors (Lipinski definition) is 3. The minimum atomic E-state index is -0.346. The van der Waals surface area contributed by atoms with Crippen LogP contribution in [0.2, 0.25) is 0 Å². The van der Waals surface area contributed by atoms with Gasteiger partial charge in [0.05, 0.1) is 0 Å². The lowest BCUT2D eigenvalue weighted by molar-refractivity contribution is -0.129. The molecular weight excluding hydrogens is 302 g/mol. The largest absolute Gasteiger partial charge is 0.354 e. The fourth-order valence-corrected chi connectivity index (χ4v) is 4.26. The number of amides is 2. The van der Waals surface area contributed by atoms with Gasteiger partial charge in [0.25, 0.3) is 0 Å². The van der Waals surface area contributed by atoms with Gasteiger partial charge >= 0.3 is 0 Å². The normalized spacial score (nSPS) is 21.0. The fraction of sp³-hybridized carbons (Fsp3) is 0.895. The lowest BCUT2D eigenvalue weighted by Crippen LogP contribution is -2.50. The molecule has 5 nitrogen and oxygen atoms in total. The van der Waals surface area contributed by atoms with Crippen molar-refractivity contribution in [2.24, 2.45) is 5.92 Å². The topological polar surface area (TPSA) is 61.4 Å². The van der Waals surface area contributed by atoms with Gasteiger partial charge in [-0.05, 0) is 51.6 Å². The van der Waals surface area contributed by atoms with Crippen molar-refractivity contribution < 1.29 is 9.59 Å². The Morgan fingerprint density at radius 2 is 1.67 bits per heavy atom. The number of hydrogen-bond donors (Lipinski definition) is 2. The van der Waals surface area contributed by atoms with Gasteiger partial charge in [0.2, 0.25) is 11.8 Å². The summed E-state index contributed by atoms with van der Waals surface area (Å²) in [4.78, 5) is 26.3. The van der Waals surface area contributed by atoms with E-state index in [1.807, 2.05) is 0 Å². The van der Waals surface area contributed by atoms with E-state index in [1.54, 1.807) is 0 Å². The van der Waals surface area contributed by atoms with Crippen LogP contribution in [0.15, 0.2) is 0 Å². The molecule has 2 aliphatic carbocycles. The molecule has 2 amide bonds. The molecule has 2 rings (SSSR count). The minimum absolute atomic E-state index is 0.00239. The number of rotatable bonds is 8. The number of nitrogens with one attached hydrogen (secondary N) is 2. The Bertz CT molecular complexity index is 401. The molecule has 2 fully saturated rings. The van der Waals surface area contributed by atoms with Crippen molar-refractivity contribution in [2.45, 2.75) is 83.2 Å². The third-order valence-electron chi connectivity index (χ3n) is 5.70. The van der Waals surface area contributed by atoms with Crippen LogP contribution in [0.4, 0.5) is 0 Å². The lowest BCUT2D eigenvalue weighted by Gasteiger charge is -2.31. The monoisotopic (exact) mass is 337 g/mol. The van der Waals surface area contributed by atoms with Crippen molar-refractivity contribution in [3.05, 3.63) is 0 Å². The number of nitrogens with zero attached hydrogens (tertiary/aromatic N) is 1. The van der Waals surface area contributed by atoms with Gasteiger partial charge in [-0.2, -0.15) is 0 Å². The molecule has 0 bridgehead atoms. The maximum atomic E-state index is 12.5. The van der Waals surface area contributed by atoms with Crippen LogP contribution in [0.1, 0.15) is 71.1 Å². The Morgan fingerprint density at radius 1 is 1.04 bits per heavy atom. The first-order valence-electron chi connectivity index (χ1n) is 9.83. The van der Waals surface area contributed by atoms with Gasteiger partial charge in [-0.15, -0.1) is 0 Å². The summed E-state index contributed by atoms with van der Waals surface area (Å²) in [5.74, 6) is 0.190. The summed E-state index contributed by atoms with van der Waals surface area (Å²) in [5.41, 5.74) is 0. The van der Waals surface area contributed by atoms with Crippen LogP contribution in [0.3, 0.4) is 0 Å². The average Bonchev–Trinajstić information content (AvgIpc) is 3.11. The first-order valence-corrected chi connectivity index (χ1v) is 9.83. The van der Waals surface area contributed by atoms with E-state index in [1.165, 1.54) is 51.9 Å². The third-order valence-corrected chi connectivity index (χ3v) is 5.70. The van der Waals surface area contributed by atoms with E-state index in [4.69, 9.17) is 0 Å². The highest BCUT2D eigenvalue weighted by Crippen LogP contribution is 2.28. The molecule has 0 saturated heterocycles. The summed E-state index contributed by atoms with van der Waals surface area (Å²) >= 11 is 0. The molecule has 0 aromatic heterocycles. The number of carbonyl (C=O) groups is 2. The van der Waals surface area contributed by atoms with Crippen LogP contribution in [0, 0.1) is 5.92 Å². The summed E-state index contributed by atoms with van der Waals surface area (Å²) in [6, 6.07) is 0.376. The molecule has 0 spiro atoms. The highest BCUT2D eigenvalue weighted by Gasteiger charge is 2.31. The Kier molecular flexibility index (Phi) is 8.03. The van der Waals surface area contributed by atoms with Gasteiger partial charge in [-0.25, -0.2) is 0 Å². The molecule has 0 aromatic rings. The molecule has 2 aliphatic rings. The van der Waals surface area contributed by atoms with Crippen molar-refractivity contribution in [3.8, 4) is 0 Å². The van der Waals surface area contributed by atoms with Gasteiger partial charge in [-0.3, -0.25) is 9.59 Å². The summed E-state index contributed by atoms with van der Waals surface area (Å²) in [6.45, 7) is 3.21. The van der Waals surface area contributed by atoms with E-state index in [-0.39, 0.29) is 17.9 Å². The van der Waals surface area contributed by atoms with E-state index in [0.29, 0.717) is 12.5 Å². The molecule has 1 unspecified atom stereocenters. The first kappa shape index (κ1) is 19.2.